The second-order valence-corrected chi connectivity index (χ2v) is 6.17. The third-order valence-corrected chi connectivity index (χ3v) is 4.03. The maximum absolute atomic E-state index is 12.2. The van der Waals surface area contributed by atoms with Gasteiger partial charge in [0.25, 0.3) is 0 Å². The van der Waals surface area contributed by atoms with Crippen LogP contribution in [0.5, 0.6) is 0 Å². The Kier molecular flexibility index (Phi) is 7.84. The number of esters is 1. The Hall–Kier alpha value is -3.75. The number of ether oxygens (including phenoxy) is 1. The fourth-order valence-corrected chi connectivity index (χ4v) is 2.47. The third kappa shape index (κ3) is 7.06. The van der Waals surface area contributed by atoms with Crippen LogP contribution in [0.15, 0.2) is 42.6 Å². The molecule has 0 fully saturated rings. The topological polar surface area (TPSA) is 147 Å². The molecule has 1 heterocycles. The number of rotatable bonds is 9. The number of nitrogens with zero attached hydrogens (tertiary/aromatic N) is 1. The molecule has 0 aliphatic rings. The first kappa shape index (κ1) is 21.5. The lowest BCUT2D eigenvalue weighted by Crippen LogP contribution is -2.19. The number of nitrogen functional groups attached to an aromatic ring is 1. The SMILES string of the molecule is COC(=O)CCc1cccnc1NC(=O)CCC(=O)Nc1ccc(C(=N)N)cc1. The molecule has 0 saturated carbocycles. The van der Waals surface area contributed by atoms with Crippen LogP contribution in [0, 0.1) is 5.41 Å². The molecule has 2 amide bonds. The minimum Gasteiger partial charge on any atom is -0.469 e. The molecule has 0 spiro atoms. The highest BCUT2D eigenvalue weighted by molar-refractivity contribution is 5.98. The molecule has 1 aromatic carbocycles. The van der Waals surface area contributed by atoms with Crippen LogP contribution in [0.25, 0.3) is 0 Å². The van der Waals surface area contributed by atoms with Gasteiger partial charge in [-0.3, -0.25) is 19.8 Å². The molecule has 0 bridgehead atoms. The zero-order valence-electron chi connectivity index (χ0n) is 16.0. The number of hydrogen-bond donors (Lipinski definition) is 4. The van der Waals surface area contributed by atoms with E-state index >= 15 is 0 Å². The van der Waals surface area contributed by atoms with Crippen LogP contribution in [0.2, 0.25) is 0 Å². The van der Waals surface area contributed by atoms with Gasteiger partial charge in [-0.05, 0) is 42.3 Å². The predicted molar refractivity (Wildman–Crippen MR) is 109 cm³/mol. The minimum atomic E-state index is -0.356. The normalized spacial score (nSPS) is 10.1. The molecule has 0 unspecified atom stereocenters. The maximum Gasteiger partial charge on any atom is 0.305 e. The van der Waals surface area contributed by atoms with Crippen molar-refractivity contribution in [3.8, 4) is 0 Å². The number of carbonyl (C=O) groups is 3. The zero-order chi connectivity index (χ0) is 21.2. The first-order chi connectivity index (χ1) is 13.9. The Balaban J connectivity index is 1.84. The van der Waals surface area contributed by atoms with E-state index in [0.717, 1.165) is 0 Å². The molecule has 0 aliphatic heterocycles. The van der Waals surface area contributed by atoms with Crippen molar-refractivity contribution in [3.05, 3.63) is 53.7 Å². The van der Waals surface area contributed by atoms with Crippen molar-refractivity contribution >= 4 is 35.1 Å². The van der Waals surface area contributed by atoms with Gasteiger partial charge in [-0.1, -0.05) is 6.07 Å². The lowest BCUT2D eigenvalue weighted by Gasteiger charge is -2.10. The Morgan fingerprint density at radius 2 is 1.69 bits per heavy atom. The summed E-state index contributed by atoms with van der Waals surface area (Å²) in [5, 5.41) is 12.7. The molecular formula is C20H23N5O4. The van der Waals surface area contributed by atoms with Crippen molar-refractivity contribution in [2.75, 3.05) is 17.7 Å². The summed E-state index contributed by atoms with van der Waals surface area (Å²) in [4.78, 5) is 39.7. The summed E-state index contributed by atoms with van der Waals surface area (Å²) in [6, 6.07) is 10.0. The van der Waals surface area contributed by atoms with Gasteiger partial charge in [-0.2, -0.15) is 0 Å². The summed E-state index contributed by atoms with van der Waals surface area (Å²) in [5.41, 5.74) is 7.20. The van der Waals surface area contributed by atoms with Crippen molar-refractivity contribution in [1.82, 2.24) is 4.98 Å². The average molecular weight is 397 g/mol. The van der Waals surface area contributed by atoms with Crippen LogP contribution in [0.1, 0.15) is 30.4 Å². The fourth-order valence-electron chi connectivity index (χ4n) is 2.47. The van der Waals surface area contributed by atoms with Gasteiger partial charge in [0, 0.05) is 36.7 Å². The summed E-state index contributed by atoms with van der Waals surface area (Å²) in [6.45, 7) is 0. The van der Waals surface area contributed by atoms with Crippen LogP contribution >= 0.6 is 0 Å². The maximum atomic E-state index is 12.2. The van der Waals surface area contributed by atoms with Crippen molar-refractivity contribution in [1.29, 1.82) is 5.41 Å². The van der Waals surface area contributed by atoms with E-state index in [1.165, 1.54) is 13.3 Å². The molecule has 0 saturated heterocycles. The summed E-state index contributed by atoms with van der Waals surface area (Å²) >= 11 is 0. The number of nitrogens with one attached hydrogen (secondary N) is 3. The summed E-state index contributed by atoms with van der Waals surface area (Å²) < 4.78 is 4.62. The molecule has 9 nitrogen and oxygen atoms in total. The number of aromatic nitrogens is 1. The minimum absolute atomic E-state index is 0.00930. The smallest absolute Gasteiger partial charge is 0.305 e. The Bertz CT molecular complexity index is 896. The number of hydrogen-bond acceptors (Lipinski definition) is 6. The number of aryl methyl sites for hydroxylation is 1. The predicted octanol–water partition coefficient (Wildman–Crippen LogP) is 1.83. The average Bonchev–Trinajstić information content (AvgIpc) is 2.71. The van der Waals surface area contributed by atoms with E-state index in [9.17, 15) is 14.4 Å². The number of anilines is 2. The highest BCUT2D eigenvalue weighted by Gasteiger charge is 2.12. The Labute approximate surface area is 168 Å². The fraction of sp³-hybridized carbons (Fsp3) is 0.250. The molecule has 2 aromatic rings. The van der Waals surface area contributed by atoms with E-state index in [0.29, 0.717) is 29.1 Å². The van der Waals surface area contributed by atoms with Crippen molar-refractivity contribution in [2.45, 2.75) is 25.7 Å². The molecule has 0 aliphatic carbocycles. The number of nitrogens with two attached hydrogens (primary N) is 1. The highest BCUT2D eigenvalue weighted by Crippen LogP contribution is 2.15. The van der Waals surface area contributed by atoms with Gasteiger partial charge in [0.2, 0.25) is 11.8 Å². The quantitative estimate of drug-likeness (QED) is 0.288. The van der Waals surface area contributed by atoms with E-state index in [1.807, 2.05) is 0 Å². The second kappa shape index (κ2) is 10.5. The van der Waals surface area contributed by atoms with Crippen LogP contribution < -0.4 is 16.4 Å². The van der Waals surface area contributed by atoms with Crippen LogP contribution in [0.4, 0.5) is 11.5 Å². The molecular weight excluding hydrogens is 374 g/mol. The van der Waals surface area contributed by atoms with Gasteiger partial charge in [-0.15, -0.1) is 0 Å². The van der Waals surface area contributed by atoms with Crippen molar-refractivity contribution in [3.63, 3.8) is 0 Å². The number of methoxy groups -OCH3 is 1. The largest absolute Gasteiger partial charge is 0.469 e. The number of amidine groups is 1. The molecule has 9 heteroatoms. The lowest BCUT2D eigenvalue weighted by atomic mass is 10.1. The van der Waals surface area contributed by atoms with Gasteiger partial charge in [0.05, 0.1) is 7.11 Å². The lowest BCUT2D eigenvalue weighted by molar-refractivity contribution is -0.140. The number of benzene rings is 1. The van der Waals surface area contributed by atoms with Gasteiger partial charge in [0.15, 0.2) is 0 Å². The van der Waals surface area contributed by atoms with E-state index in [-0.39, 0.29) is 42.9 Å². The van der Waals surface area contributed by atoms with Crippen molar-refractivity contribution < 1.29 is 19.1 Å². The van der Waals surface area contributed by atoms with Crippen LogP contribution in [0.3, 0.4) is 0 Å². The number of pyridine rings is 1. The monoisotopic (exact) mass is 397 g/mol. The Morgan fingerprint density at radius 3 is 2.31 bits per heavy atom. The first-order valence-corrected chi connectivity index (χ1v) is 8.94. The molecule has 29 heavy (non-hydrogen) atoms. The first-order valence-electron chi connectivity index (χ1n) is 8.94. The standard InChI is InChI=1S/C20H23N5O4/c1-29-18(28)11-6-14-3-2-12-23-20(14)25-17(27)10-9-16(26)24-15-7-4-13(5-8-15)19(21)22/h2-5,7-8,12H,6,9-11H2,1H3,(H3,21,22)(H,24,26)(H,23,25,27). The van der Waals surface area contributed by atoms with Crippen LogP contribution in [-0.4, -0.2) is 35.7 Å². The van der Waals surface area contributed by atoms with E-state index < -0.39 is 0 Å². The molecule has 0 radical (unpaired) electrons. The van der Waals surface area contributed by atoms with E-state index in [2.05, 4.69) is 20.4 Å². The van der Waals surface area contributed by atoms with Gasteiger partial charge in [0.1, 0.15) is 11.7 Å². The van der Waals surface area contributed by atoms with Gasteiger partial charge >= 0.3 is 5.97 Å². The van der Waals surface area contributed by atoms with Gasteiger partial charge in [-0.25, -0.2) is 4.98 Å². The molecule has 2 rings (SSSR count). The number of carbonyl (C=O) groups excluding carboxylic acids is 3. The third-order valence-electron chi connectivity index (χ3n) is 4.03. The van der Waals surface area contributed by atoms with E-state index in [1.54, 1.807) is 36.4 Å². The molecule has 5 N–H and O–H groups in total. The van der Waals surface area contributed by atoms with Gasteiger partial charge < -0.3 is 21.1 Å². The molecule has 152 valence electrons. The zero-order valence-corrected chi connectivity index (χ0v) is 16.0. The van der Waals surface area contributed by atoms with Crippen molar-refractivity contribution in [2.24, 2.45) is 5.73 Å². The van der Waals surface area contributed by atoms with Crippen LogP contribution in [-0.2, 0) is 25.5 Å². The molecule has 0 atom stereocenters. The van der Waals surface area contributed by atoms with E-state index in [4.69, 9.17) is 11.1 Å². The summed E-state index contributed by atoms with van der Waals surface area (Å²) in [5.74, 6) is -0.714. The number of amides is 2. The Morgan fingerprint density at radius 1 is 1.03 bits per heavy atom. The molecule has 1 aromatic heterocycles. The highest BCUT2D eigenvalue weighted by atomic mass is 16.5. The summed E-state index contributed by atoms with van der Waals surface area (Å²) in [7, 11) is 1.32. The summed E-state index contributed by atoms with van der Waals surface area (Å²) in [6.07, 6.45) is 2.06. The second-order valence-electron chi connectivity index (χ2n) is 6.17.